The molecule has 0 heterocycles. The molecule has 2 N–H and O–H groups in total. The van der Waals surface area contributed by atoms with Gasteiger partial charge in [-0.2, -0.15) is 0 Å². The highest BCUT2D eigenvalue weighted by Crippen LogP contribution is 2.35. The molecular formula is C13H10Br2N2O2S. The highest BCUT2D eigenvalue weighted by Gasteiger charge is 2.15. The molecule has 0 amide bonds. The molecule has 0 spiro atoms. The van der Waals surface area contributed by atoms with E-state index < -0.39 is 4.92 Å². The van der Waals surface area contributed by atoms with Gasteiger partial charge < -0.3 is 5.73 Å². The number of hydrogen-bond acceptors (Lipinski definition) is 4. The highest BCUT2D eigenvalue weighted by molar-refractivity contribution is 9.11. The summed E-state index contributed by atoms with van der Waals surface area (Å²) in [5, 5.41) is 10.9. The summed E-state index contributed by atoms with van der Waals surface area (Å²) in [6.07, 6.45) is 0. The maximum absolute atomic E-state index is 10.9. The second-order valence-electron chi connectivity index (χ2n) is 3.98. The van der Waals surface area contributed by atoms with Crippen molar-refractivity contribution < 1.29 is 4.92 Å². The first-order valence-corrected chi connectivity index (χ1v) is 8.16. The average molecular weight is 418 g/mol. The molecule has 4 nitrogen and oxygen atoms in total. The minimum atomic E-state index is -0.397. The van der Waals surface area contributed by atoms with Crippen LogP contribution in [0.15, 0.2) is 50.2 Å². The smallest absolute Gasteiger partial charge is 0.283 e. The van der Waals surface area contributed by atoms with Crippen LogP contribution >= 0.6 is 43.6 Å². The van der Waals surface area contributed by atoms with E-state index >= 15 is 0 Å². The standard InChI is InChI=1S/C13H10Br2N2O2S/c14-9-4-5-12(10(16)6-9)20-7-8-2-1-3-11(13(8)15)17(18)19/h1-6H,7,16H2. The molecule has 0 aliphatic heterocycles. The molecule has 0 aliphatic carbocycles. The Morgan fingerprint density at radius 2 is 2.00 bits per heavy atom. The van der Waals surface area contributed by atoms with Gasteiger partial charge in [-0.3, -0.25) is 10.1 Å². The zero-order valence-electron chi connectivity index (χ0n) is 10.2. The zero-order chi connectivity index (χ0) is 14.7. The molecule has 0 saturated carbocycles. The van der Waals surface area contributed by atoms with Crippen LogP contribution in [0, 0.1) is 10.1 Å². The van der Waals surface area contributed by atoms with Crippen molar-refractivity contribution in [2.75, 3.05) is 5.73 Å². The first-order chi connectivity index (χ1) is 9.49. The van der Waals surface area contributed by atoms with Gasteiger partial charge in [0.25, 0.3) is 5.69 Å². The van der Waals surface area contributed by atoms with E-state index in [4.69, 9.17) is 5.73 Å². The number of halogens is 2. The van der Waals surface area contributed by atoms with Crippen LogP contribution in [0.3, 0.4) is 0 Å². The van der Waals surface area contributed by atoms with Gasteiger partial charge in [0, 0.05) is 26.9 Å². The summed E-state index contributed by atoms with van der Waals surface area (Å²) in [6.45, 7) is 0. The monoisotopic (exact) mass is 416 g/mol. The molecule has 2 aromatic rings. The number of nitrogens with zero attached hydrogens (tertiary/aromatic N) is 1. The van der Waals surface area contributed by atoms with E-state index in [2.05, 4.69) is 31.9 Å². The Bertz CT molecular complexity index is 665. The van der Waals surface area contributed by atoms with Crippen molar-refractivity contribution in [1.82, 2.24) is 0 Å². The number of anilines is 1. The van der Waals surface area contributed by atoms with E-state index in [1.165, 1.54) is 6.07 Å². The Morgan fingerprint density at radius 1 is 1.25 bits per heavy atom. The Labute approximate surface area is 137 Å². The predicted molar refractivity (Wildman–Crippen MR) is 88.9 cm³/mol. The van der Waals surface area contributed by atoms with Gasteiger partial charge in [-0.25, -0.2) is 0 Å². The van der Waals surface area contributed by atoms with Gasteiger partial charge in [-0.15, -0.1) is 11.8 Å². The minimum absolute atomic E-state index is 0.0758. The van der Waals surface area contributed by atoms with E-state index in [1.807, 2.05) is 24.3 Å². The van der Waals surface area contributed by atoms with Gasteiger partial charge in [-0.1, -0.05) is 28.1 Å². The molecule has 0 unspecified atom stereocenters. The second kappa shape index (κ2) is 6.60. The minimum Gasteiger partial charge on any atom is -0.398 e. The lowest BCUT2D eigenvalue weighted by atomic mass is 10.2. The third-order valence-corrected chi connectivity index (χ3v) is 5.16. The lowest BCUT2D eigenvalue weighted by Crippen LogP contribution is -1.93. The van der Waals surface area contributed by atoms with Crippen molar-refractivity contribution in [3.05, 3.63) is 61.0 Å². The van der Waals surface area contributed by atoms with Crippen LogP contribution in [-0.2, 0) is 5.75 Å². The molecule has 20 heavy (non-hydrogen) atoms. The van der Waals surface area contributed by atoms with Crippen LogP contribution in [0.1, 0.15) is 5.56 Å². The summed E-state index contributed by atoms with van der Waals surface area (Å²) in [7, 11) is 0. The molecule has 104 valence electrons. The first kappa shape index (κ1) is 15.3. The lowest BCUT2D eigenvalue weighted by molar-refractivity contribution is -0.385. The van der Waals surface area contributed by atoms with Gasteiger partial charge in [0.05, 0.1) is 9.40 Å². The van der Waals surface area contributed by atoms with Crippen LogP contribution < -0.4 is 5.73 Å². The summed E-state index contributed by atoms with van der Waals surface area (Å²) in [6, 6.07) is 10.7. The molecule has 0 saturated heterocycles. The Morgan fingerprint density at radius 3 is 2.65 bits per heavy atom. The Hall–Kier alpha value is -1.05. The predicted octanol–water partition coefficient (Wildman–Crippen LogP) is 4.99. The number of hydrogen-bond donors (Lipinski definition) is 1. The normalized spacial score (nSPS) is 10.5. The van der Waals surface area contributed by atoms with Crippen LogP contribution in [0.25, 0.3) is 0 Å². The Kier molecular flexibility index (Phi) is 5.06. The van der Waals surface area contributed by atoms with Crippen molar-refractivity contribution in [1.29, 1.82) is 0 Å². The number of thioether (sulfide) groups is 1. The third kappa shape index (κ3) is 3.53. The number of nitro groups is 1. The average Bonchev–Trinajstić information content (AvgIpc) is 2.39. The van der Waals surface area contributed by atoms with E-state index in [9.17, 15) is 10.1 Å². The van der Waals surface area contributed by atoms with Gasteiger partial charge >= 0.3 is 0 Å². The van der Waals surface area contributed by atoms with E-state index in [0.29, 0.717) is 15.9 Å². The third-order valence-electron chi connectivity index (χ3n) is 2.61. The fourth-order valence-corrected chi connectivity index (χ4v) is 3.68. The molecular weight excluding hydrogens is 408 g/mol. The van der Waals surface area contributed by atoms with Gasteiger partial charge in [0.2, 0.25) is 0 Å². The number of rotatable bonds is 4. The molecule has 2 rings (SSSR count). The van der Waals surface area contributed by atoms with Crippen LogP contribution in [0.4, 0.5) is 11.4 Å². The van der Waals surface area contributed by atoms with Crippen LogP contribution in [0.2, 0.25) is 0 Å². The number of nitrogens with two attached hydrogens (primary N) is 1. The summed E-state index contributed by atoms with van der Waals surface area (Å²) < 4.78 is 1.45. The van der Waals surface area contributed by atoms with Crippen molar-refractivity contribution in [3.63, 3.8) is 0 Å². The lowest BCUT2D eigenvalue weighted by Gasteiger charge is -2.07. The largest absolute Gasteiger partial charge is 0.398 e. The maximum Gasteiger partial charge on any atom is 0.283 e. The number of nitro benzene ring substituents is 1. The summed E-state index contributed by atoms with van der Waals surface area (Å²) >= 11 is 8.19. The molecule has 0 aromatic heterocycles. The molecule has 2 aromatic carbocycles. The fourth-order valence-electron chi connectivity index (χ4n) is 1.62. The molecule has 7 heteroatoms. The number of nitrogen functional groups attached to an aromatic ring is 1. The fraction of sp³-hybridized carbons (Fsp3) is 0.0769. The summed E-state index contributed by atoms with van der Waals surface area (Å²) in [4.78, 5) is 11.4. The molecule has 0 fully saturated rings. The SMILES string of the molecule is Nc1cc(Br)ccc1SCc1cccc([N+](=O)[O-])c1Br. The first-order valence-electron chi connectivity index (χ1n) is 5.58. The molecule has 0 atom stereocenters. The topological polar surface area (TPSA) is 69.2 Å². The number of benzene rings is 2. The van der Waals surface area contributed by atoms with Crippen molar-refractivity contribution in [3.8, 4) is 0 Å². The van der Waals surface area contributed by atoms with Crippen LogP contribution in [-0.4, -0.2) is 4.92 Å². The molecule has 0 aliphatic rings. The van der Waals surface area contributed by atoms with E-state index in [1.54, 1.807) is 17.8 Å². The van der Waals surface area contributed by atoms with Crippen LogP contribution in [0.5, 0.6) is 0 Å². The van der Waals surface area contributed by atoms with Crippen molar-refractivity contribution in [2.24, 2.45) is 0 Å². The quantitative estimate of drug-likeness (QED) is 0.329. The van der Waals surface area contributed by atoms with Gasteiger partial charge in [0.1, 0.15) is 0 Å². The Balaban J connectivity index is 2.19. The molecule has 0 bridgehead atoms. The van der Waals surface area contributed by atoms with Gasteiger partial charge in [-0.05, 0) is 39.7 Å². The maximum atomic E-state index is 10.9. The van der Waals surface area contributed by atoms with Crippen molar-refractivity contribution in [2.45, 2.75) is 10.6 Å². The van der Waals surface area contributed by atoms with Crippen molar-refractivity contribution >= 4 is 55.0 Å². The molecule has 0 radical (unpaired) electrons. The summed E-state index contributed by atoms with van der Waals surface area (Å²) in [5.41, 5.74) is 7.56. The van der Waals surface area contributed by atoms with Gasteiger partial charge in [0.15, 0.2) is 0 Å². The highest BCUT2D eigenvalue weighted by atomic mass is 79.9. The van der Waals surface area contributed by atoms with E-state index in [0.717, 1.165) is 14.9 Å². The summed E-state index contributed by atoms with van der Waals surface area (Å²) in [5.74, 6) is 0.605. The zero-order valence-corrected chi connectivity index (χ0v) is 14.2. The second-order valence-corrected chi connectivity index (χ2v) is 6.70. The van der Waals surface area contributed by atoms with E-state index in [-0.39, 0.29) is 5.69 Å².